The van der Waals surface area contributed by atoms with Gasteiger partial charge in [0.15, 0.2) is 0 Å². The van der Waals surface area contributed by atoms with Gasteiger partial charge in [-0.3, -0.25) is 9.78 Å². The van der Waals surface area contributed by atoms with Crippen molar-refractivity contribution in [2.75, 3.05) is 5.32 Å². The second-order valence-electron chi connectivity index (χ2n) is 3.42. The summed E-state index contributed by atoms with van der Waals surface area (Å²) < 4.78 is 0. The second-order valence-corrected chi connectivity index (χ2v) is 3.42. The molecular weight excluding hydrogens is 206 g/mol. The predicted octanol–water partition coefficient (Wildman–Crippen LogP) is 1.53. The van der Waals surface area contributed by atoms with E-state index in [-0.39, 0.29) is 11.3 Å². The first kappa shape index (κ1) is 10.2. The molecule has 2 aromatic rings. The molecule has 1 aromatic heterocycles. The molecule has 0 amide bonds. The van der Waals surface area contributed by atoms with Gasteiger partial charge in [0.05, 0.1) is 0 Å². The molecule has 0 spiro atoms. The standard InChI is InChI=1S/C11H11N3O2/c1-7-6-12-11(14-10(7)16)13-8-3-2-4-9(15)5-8/h2-6,15H,1H3,(H2,12,13,14,16). The topological polar surface area (TPSA) is 78.0 Å². The van der Waals surface area contributed by atoms with E-state index in [1.807, 2.05) is 0 Å². The third-order valence-corrected chi connectivity index (χ3v) is 2.09. The average Bonchev–Trinajstić information content (AvgIpc) is 2.24. The van der Waals surface area contributed by atoms with Gasteiger partial charge in [-0.15, -0.1) is 0 Å². The number of phenols is 1. The van der Waals surface area contributed by atoms with E-state index in [4.69, 9.17) is 0 Å². The number of aromatic amines is 1. The van der Waals surface area contributed by atoms with Crippen molar-refractivity contribution >= 4 is 11.6 Å². The number of benzene rings is 1. The maximum absolute atomic E-state index is 11.3. The molecule has 0 aliphatic carbocycles. The van der Waals surface area contributed by atoms with Gasteiger partial charge in [-0.05, 0) is 19.1 Å². The van der Waals surface area contributed by atoms with Gasteiger partial charge in [0.1, 0.15) is 5.75 Å². The molecule has 1 heterocycles. The number of anilines is 2. The number of hydrogen-bond acceptors (Lipinski definition) is 4. The van der Waals surface area contributed by atoms with E-state index in [0.29, 0.717) is 17.2 Å². The Kier molecular flexibility index (Phi) is 2.59. The van der Waals surface area contributed by atoms with Gasteiger partial charge in [-0.25, -0.2) is 4.98 Å². The summed E-state index contributed by atoms with van der Waals surface area (Å²) in [5.74, 6) is 0.501. The smallest absolute Gasteiger partial charge is 0.255 e. The zero-order valence-electron chi connectivity index (χ0n) is 8.69. The van der Waals surface area contributed by atoms with E-state index in [9.17, 15) is 9.90 Å². The number of hydrogen-bond donors (Lipinski definition) is 3. The van der Waals surface area contributed by atoms with E-state index in [0.717, 1.165) is 0 Å². The summed E-state index contributed by atoms with van der Waals surface area (Å²) in [5, 5.41) is 12.1. The van der Waals surface area contributed by atoms with Crippen LogP contribution in [-0.4, -0.2) is 15.1 Å². The molecule has 0 saturated carbocycles. The van der Waals surface area contributed by atoms with Crippen molar-refractivity contribution in [3.8, 4) is 5.75 Å². The lowest BCUT2D eigenvalue weighted by molar-refractivity contribution is 0.475. The first-order valence-electron chi connectivity index (χ1n) is 4.77. The summed E-state index contributed by atoms with van der Waals surface area (Å²) in [6.45, 7) is 1.68. The molecule has 0 atom stereocenters. The summed E-state index contributed by atoms with van der Waals surface area (Å²) in [4.78, 5) is 17.9. The lowest BCUT2D eigenvalue weighted by atomic mass is 10.3. The molecule has 1 aromatic carbocycles. The monoisotopic (exact) mass is 217 g/mol. The van der Waals surface area contributed by atoms with Crippen LogP contribution >= 0.6 is 0 Å². The number of aromatic nitrogens is 2. The Labute approximate surface area is 91.8 Å². The summed E-state index contributed by atoms with van der Waals surface area (Å²) >= 11 is 0. The Hall–Kier alpha value is -2.30. The molecule has 0 fully saturated rings. The third kappa shape index (κ3) is 2.20. The Morgan fingerprint density at radius 2 is 2.25 bits per heavy atom. The summed E-state index contributed by atoms with van der Waals surface area (Å²) in [7, 11) is 0. The maximum Gasteiger partial charge on any atom is 0.255 e. The lowest BCUT2D eigenvalue weighted by Crippen LogP contribution is -2.12. The predicted molar refractivity (Wildman–Crippen MR) is 61.0 cm³/mol. The van der Waals surface area contributed by atoms with Crippen LogP contribution in [0.2, 0.25) is 0 Å². The molecule has 5 heteroatoms. The molecule has 82 valence electrons. The molecular formula is C11H11N3O2. The number of nitrogens with one attached hydrogen (secondary N) is 2. The fourth-order valence-corrected chi connectivity index (χ4v) is 1.24. The summed E-state index contributed by atoms with van der Waals surface area (Å²) in [6, 6.07) is 6.57. The van der Waals surface area contributed by atoms with Crippen LogP contribution in [0.4, 0.5) is 11.6 Å². The van der Waals surface area contributed by atoms with Gasteiger partial charge in [0.2, 0.25) is 5.95 Å². The fraction of sp³-hybridized carbons (Fsp3) is 0.0909. The van der Waals surface area contributed by atoms with Gasteiger partial charge >= 0.3 is 0 Å². The minimum absolute atomic E-state index is 0.152. The highest BCUT2D eigenvalue weighted by Gasteiger charge is 1.99. The van der Waals surface area contributed by atoms with E-state index in [1.54, 1.807) is 31.2 Å². The van der Waals surface area contributed by atoms with E-state index in [1.165, 1.54) is 6.20 Å². The highest BCUT2D eigenvalue weighted by Crippen LogP contribution is 2.17. The first-order chi connectivity index (χ1) is 7.65. The van der Waals surface area contributed by atoms with Crippen molar-refractivity contribution in [1.82, 2.24) is 9.97 Å². The Bertz CT molecular complexity index is 563. The lowest BCUT2D eigenvalue weighted by Gasteiger charge is -2.05. The number of aromatic hydroxyl groups is 1. The van der Waals surface area contributed by atoms with Crippen molar-refractivity contribution < 1.29 is 5.11 Å². The zero-order valence-corrected chi connectivity index (χ0v) is 8.69. The molecule has 0 saturated heterocycles. The first-order valence-corrected chi connectivity index (χ1v) is 4.77. The van der Waals surface area contributed by atoms with Gasteiger partial charge in [0.25, 0.3) is 5.56 Å². The number of rotatable bonds is 2. The van der Waals surface area contributed by atoms with Crippen LogP contribution in [0.3, 0.4) is 0 Å². The van der Waals surface area contributed by atoms with Crippen molar-refractivity contribution in [2.24, 2.45) is 0 Å². The minimum atomic E-state index is -0.183. The number of aryl methyl sites for hydroxylation is 1. The van der Waals surface area contributed by atoms with Crippen LogP contribution in [-0.2, 0) is 0 Å². The number of phenolic OH excluding ortho intramolecular Hbond substituents is 1. The molecule has 2 rings (SSSR count). The van der Waals surface area contributed by atoms with Crippen LogP contribution in [0.1, 0.15) is 5.56 Å². The van der Waals surface area contributed by atoms with Crippen molar-refractivity contribution in [3.63, 3.8) is 0 Å². The van der Waals surface area contributed by atoms with Crippen LogP contribution < -0.4 is 10.9 Å². The molecule has 0 unspecified atom stereocenters. The van der Waals surface area contributed by atoms with Crippen LogP contribution in [0.25, 0.3) is 0 Å². The molecule has 16 heavy (non-hydrogen) atoms. The zero-order chi connectivity index (χ0) is 11.5. The molecule has 0 aliphatic rings. The Balaban J connectivity index is 2.27. The van der Waals surface area contributed by atoms with Gasteiger partial charge in [0, 0.05) is 23.5 Å². The van der Waals surface area contributed by atoms with Gasteiger partial charge < -0.3 is 10.4 Å². The van der Waals surface area contributed by atoms with Gasteiger partial charge in [-0.1, -0.05) is 6.07 Å². The largest absolute Gasteiger partial charge is 0.508 e. The molecule has 0 radical (unpaired) electrons. The summed E-state index contributed by atoms with van der Waals surface area (Å²) in [5.41, 5.74) is 1.03. The molecule has 5 nitrogen and oxygen atoms in total. The maximum atomic E-state index is 11.3. The third-order valence-electron chi connectivity index (χ3n) is 2.09. The quantitative estimate of drug-likeness (QED) is 0.712. The highest BCUT2D eigenvalue weighted by atomic mass is 16.3. The van der Waals surface area contributed by atoms with E-state index in [2.05, 4.69) is 15.3 Å². The molecule has 0 bridgehead atoms. The minimum Gasteiger partial charge on any atom is -0.508 e. The highest BCUT2D eigenvalue weighted by molar-refractivity contribution is 5.55. The fourth-order valence-electron chi connectivity index (χ4n) is 1.24. The van der Waals surface area contributed by atoms with Crippen molar-refractivity contribution in [3.05, 3.63) is 46.4 Å². The van der Waals surface area contributed by atoms with Crippen LogP contribution in [0.15, 0.2) is 35.3 Å². The number of H-pyrrole nitrogens is 1. The van der Waals surface area contributed by atoms with Gasteiger partial charge in [-0.2, -0.15) is 0 Å². The van der Waals surface area contributed by atoms with Crippen molar-refractivity contribution in [1.29, 1.82) is 0 Å². The van der Waals surface area contributed by atoms with Crippen LogP contribution in [0.5, 0.6) is 5.75 Å². The Morgan fingerprint density at radius 3 is 2.94 bits per heavy atom. The Morgan fingerprint density at radius 1 is 1.44 bits per heavy atom. The SMILES string of the molecule is Cc1cnc(Nc2cccc(O)c2)[nH]c1=O. The van der Waals surface area contributed by atoms with Crippen molar-refractivity contribution in [2.45, 2.75) is 6.92 Å². The average molecular weight is 217 g/mol. The molecule has 0 aliphatic heterocycles. The number of nitrogens with zero attached hydrogens (tertiary/aromatic N) is 1. The van der Waals surface area contributed by atoms with Crippen LogP contribution in [0, 0.1) is 6.92 Å². The van der Waals surface area contributed by atoms with E-state index >= 15 is 0 Å². The normalized spacial score (nSPS) is 10.1. The second kappa shape index (κ2) is 4.06. The molecule has 3 N–H and O–H groups in total. The van der Waals surface area contributed by atoms with E-state index < -0.39 is 0 Å². The summed E-state index contributed by atoms with van der Waals surface area (Å²) in [6.07, 6.45) is 1.49.